The van der Waals surface area contributed by atoms with Crippen LogP contribution in [0.3, 0.4) is 0 Å². The van der Waals surface area contributed by atoms with Crippen LogP contribution < -0.4 is 10.6 Å². The second kappa shape index (κ2) is 6.76. The maximum absolute atomic E-state index is 9.00. The van der Waals surface area contributed by atoms with Crippen molar-refractivity contribution in [3.8, 4) is 0 Å². The van der Waals surface area contributed by atoms with Gasteiger partial charge >= 0.3 is 0 Å². The topological polar surface area (TPSA) is 78.0 Å². The van der Waals surface area contributed by atoms with Crippen LogP contribution in [-0.4, -0.2) is 55.2 Å². The normalized spacial score (nSPS) is 14.6. The van der Waals surface area contributed by atoms with E-state index < -0.39 is 0 Å². The Hall–Kier alpha value is -1.82. The van der Waals surface area contributed by atoms with E-state index in [1.165, 1.54) is 5.56 Å². The van der Waals surface area contributed by atoms with Crippen LogP contribution in [0.15, 0.2) is 11.2 Å². The van der Waals surface area contributed by atoms with Crippen molar-refractivity contribution < 1.29 is 5.21 Å². The monoisotopic (exact) mass is 291 g/mol. The third kappa shape index (κ3) is 3.64. The van der Waals surface area contributed by atoms with Crippen molar-refractivity contribution in [3.05, 3.63) is 22.9 Å². The summed E-state index contributed by atoms with van der Waals surface area (Å²) in [7, 11) is 6.14. The van der Waals surface area contributed by atoms with Crippen molar-refractivity contribution >= 4 is 11.7 Å². The van der Waals surface area contributed by atoms with Gasteiger partial charge in [0.05, 0.1) is 5.56 Å². The van der Waals surface area contributed by atoms with E-state index in [-0.39, 0.29) is 5.84 Å². The smallest absolute Gasteiger partial charge is 0.173 e. The maximum atomic E-state index is 9.00. The minimum atomic E-state index is 0.131. The molecule has 0 unspecified atom stereocenters. The van der Waals surface area contributed by atoms with Crippen molar-refractivity contribution in [1.82, 2.24) is 9.88 Å². The van der Waals surface area contributed by atoms with Crippen molar-refractivity contribution in [2.24, 2.45) is 10.9 Å². The Kier molecular flexibility index (Phi) is 5.01. The van der Waals surface area contributed by atoms with Crippen LogP contribution in [-0.2, 0) is 12.8 Å². The molecule has 0 bridgehead atoms. The molecule has 0 saturated carbocycles. The summed E-state index contributed by atoms with van der Waals surface area (Å²) in [6.07, 6.45) is 4.21. The third-order valence-electron chi connectivity index (χ3n) is 3.87. The van der Waals surface area contributed by atoms with Gasteiger partial charge in [0.15, 0.2) is 5.84 Å². The molecule has 3 N–H and O–H groups in total. The first kappa shape index (κ1) is 15.6. The van der Waals surface area contributed by atoms with Crippen molar-refractivity contribution in [1.29, 1.82) is 0 Å². The lowest BCUT2D eigenvalue weighted by Gasteiger charge is -2.22. The number of amidine groups is 1. The SMILES string of the molecule is CN(C)CCCN(C)c1nc2c(cc1C(N)=NO)CCC2. The standard InChI is InChI=1S/C15H25N5O/c1-19(2)8-5-9-20(3)15-12(14(16)18-21)10-11-6-4-7-13(11)17-15/h10,21H,4-9H2,1-3H3,(H2,16,18). The number of oxime groups is 1. The predicted molar refractivity (Wildman–Crippen MR) is 85.2 cm³/mol. The van der Waals surface area contributed by atoms with E-state index >= 15 is 0 Å². The van der Waals surface area contributed by atoms with Gasteiger partial charge in [0.25, 0.3) is 0 Å². The summed E-state index contributed by atoms with van der Waals surface area (Å²) >= 11 is 0. The zero-order valence-electron chi connectivity index (χ0n) is 13.1. The predicted octanol–water partition coefficient (Wildman–Crippen LogP) is 1.05. The van der Waals surface area contributed by atoms with Gasteiger partial charge in [0, 0.05) is 19.3 Å². The van der Waals surface area contributed by atoms with E-state index in [0.29, 0.717) is 0 Å². The van der Waals surface area contributed by atoms with Gasteiger partial charge < -0.3 is 20.7 Å². The number of rotatable bonds is 6. The fraction of sp³-hybridized carbons (Fsp3) is 0.600. The Morgan fingerprint density at radius 2 is 2.10 bits per heavy atom. The van der Waals surface area contributed by atoms with Crippen LogP contribution in [0.2, 0.25) is 0 Å². The molecule has 2 rings (SSSR count). The molecule has 6 heteroatoms. The summed E-state index contributed by atoms with van der Waals surface area (Å²) in [6, 6.07) is 2.03. The number of pyridine rings is 1. The largest absolute Gasteiger partial charge is 0.409 e. The molecular formula is C15H25N5O. The third-order valence-corrected chi connectivity index (χ3v) is 3.87. The quantitative estimate of drug-likeness (QED) is 0.354. The Morgan fingerprint density at radius 1 is 1.33 bits per heavy atom. The van der Waals surface area contributed by atoms with Crippen LogP contribution in [0.1, 0.15) is 29.7 Å². The van der Waals surface area contributed by atoms with Crippen molar-refractivity contribution in [2.75, 3.05) is 39.1 Å². The summed E-state index contributed by atoms with van der Waals surface area (Å²) in [4.78, 5) is 9.01. The maximum Gasteiger partial charge on any atom is 0.173 e. The Labute approximate surface area is 126 Å². The molecular weight excluding hydrogens is 266 g/mol. The van der Waals surface area contributed by atoms with E-state index in [4.69, 9.17) is 15.9 Å². The van der Waals surface area contributed by atoms with E-state index in [0.717, 1.165) is 55.8 Å². The molecule has 0 saturated heterocycles. The minimum Gasteiger partial charge on any atom is -0.409 e. The lowest BCUT2D eigenvalue weighted by atomic mass is 10.1. The van der Waals surface area contributed by atoms with E-state index in [2.05, 4.69) is 29.1 Å². The van der Waals surface area contributed by atoms with Crippen LogP contribution in [0, 0.1) is 0 Å². The van der Waals surface area contributed by atoms with Gasteiger partial charge in [0.2, 0.25) is 0 Å². The number of aromatic nitrogens is 1. The fourth-order valence-corrected chi connectivity index (χ4v) is 2.72. The molecule has 1 heterocycles. The Morgan fingerprint density at radius 3 is 2.76 bits per heavy atom. The van der Waals surface area contributed by atoms with Crippen LogP contribution >= 0.6 is 0 Å². The van der Waals surface area contributed by atoms with Crippen LogP contribution in [0.4, 0.5) is 5.82 Å². The average molecular weight is 291 g/mol. The Bertz CT molecular complexity index is 527. The van der Waals surface area contributed by atoms with Gasteiger partial charge in [-0.3, -0.25) is 0 Å². The number of hydrogen-bond donors (Lipinski definition) is 2. The highest BCUT2D eigenvalue weighted by atomic mass is 16.4. The molecule has 1 aliphatic carbocycles. The molecule has 0 amide bonds. The highest BCUT2D eigenvalue weighted by Gasteiger charge is 2.20. The van der Waals surface area contributed by atoms with Crippen molar-refractivity contribution in [3.63, 3.8) is 0 Å². The molecule has 1 aromatic heterocycles. The lowest BCUT2D eigenvalue weighted by molar-refractivity contribution is 0.318. The summed E-state index contributed by atoms with van der Waals surface area (Å²) in [5, 5.41) is 12.2. The molecule has 6 nitrogen and oxygen atoms in total. The molecule has 0 atom stereocenters. The van der Waals surface area contributed by atoms with Gasteiger partial charge in [-0.1, -0.05) is 5.16 Å². The highest BCUT2D eigenvalue weighted by Crippen LogP contribution is 2.27. The summed E-state index contributed by atoms with van der Waals surface area (Å²) < 4.78 is 0. The van der Waals surface area contributed by atoms with E-state index in [1.807, 2.05) is 13.1 Å². The first-order valence-electron chi connectivity index (χ1n) is 7.39. The number of nitrogens with two attached hydrogens (primary N) is 1. The van der Waals surface area contributed by atoms with Crippen LogP contribution in [0.5, 0.6) is 0 Å². The molecule has 0 aromatic carbocycles. The lowest BCUT2D eigenvalue weighted by Crippen LogP contribution is -2.27. The molecule has 0 aliphatic heterocycles. The van der Waals surface area contributed by atoms with E-state index in [1.54, 1.807) is 0 Å². The molecule has 0 spiro atoms. The van der Waals surface area contributed by atoms with E-state index in [9.17, 15) is 0 Å². The van der Waals surface area contributed by atoms with Crippen molar-refractivity contribution in [2.45, 2.75) is 25.7 Å². The second-order valence-electron chi connectivity index (χ2n) is 5.88. The Balaban J connectivity index is 2.24. The number of aryl methyl sites for hydroxylation is 2. The minimum absolute atomic E-state index is 0.131. The first-order valence-corrected chi connectivity index (χ1v) is 7.39. The highest BCUT2D eigenvalue weighted by molar-refractivity contribution is 6.01. The van der Waals surface area contributed by atoms with Gasteiger partial charge in [-0.25, -0.2) is 4.98 Å². The molecule has 116 valence electrons. The van der Waals surface area contributed by atoms with Gasteiger partial charge in [-0.05, 0) is 58.0 Å². The first-order chi connectivity index (χ1) is 10.0. The molecule has 21 heavy (non-hydrogen) atoms. The number of anilines is 1. The van der Waals surface area contributed by atoms with Gasteiger partial charge in [-0.2, -0.15) is 0 Å². The second-order valence-corrected chi connectivity index (χ2v) is 5.88. The van der Waals surface area contributed by atoms with Gasteiger partial charge in [0.1, 0.15) is 5.82 Å². The molecule has 0 radical (unpaired) electrons. The fourth-order valence-electron chi connectivity index (χ4n) is 2.72. The number of nitrogens with zero attached hydrogens (tertiary/aromatic N) is 4. The zero-order valence-corrected chi connectivity index (χ0v) is 13.1. The van der Waals surface area contributed by atoms with Gasteiger partial charge in [-0.15, -0.1) is 0 Å². The average Bonchev–Trinajstić information content (AvgIpc) is 2.91. The van der Waals surface area contributed by atoms with Crippen LogP contribution in [0.25, 0.3) is 0 Å². The summed E-state index contributed by atoms with van der Waals surface area (Å²) in [6.45, 7) is 1.91. The molecule has 1 aliphatic rings. The summed E-state index contributed by atoms with van der Waals surface area (Å²) in [5.41, 5.74) is 8.93. The number of fused-ring (bicyclic) bond motifs is 1. The zero-order chi connectivity index (χ0) is 15.4. The summed E-state index contributed by atoms with van der Waals surface area (Å²) in [5.74, 6) is 0.941. The molecule has 1 aromatic rings. The molecule has 0 fully saturated rings. The number of hydrogen-bond acceptors (Lipinski definition) is 5.